The summed E-state index contributed by atoms with van der Waals surface area (Å²) >= 11 is 3.38. The predicted molar refractivity (Wildman–Crippen MR) is 72.6 cm³/mol. The molecular formula is C13H14BrNO3. The van der Waals surface area contributed by atoms with Crippen LogP contribution >= 0.6 is 15.9 Å². The number of fused-ring (bicyclic) bond motifs is 1. The number of benzene rings is 1. The Kier molecular flexibility index (Phi) is 3.21. The lowest BCUT2D eigenvalue weighted by molar-refractivity contribution is -0.150. The molecule has 1 unspecified atom stereocenters. The zero-order chi connectivity index (χ0) is 13.5. The van der Waals surface area contributed by atoms with Crippen molar-refractivity contribution < 1.29 is 14.3 Å². The maximum absolute atomic E-state index is 11.5. The summed E-state index contributed by atoms with van der Waals surface area (Å²) in [6.45, 7) is 1.63. The van der Waals surface area contributed by atoms with Gasteiger partial charge in [-0.25, -0.2) is 4.79 Å². The van der Waals surface area contributed by atoms with Crippen LogP contribution in [0.15, 0.2) is 33.2 Å². The molecular weight excluding hydrogens is 298 g/mol. The van der Waals surface area contributed by atoms with Gasteiger partial charge in [-0.3, -0.25) is 4.90 Å². The number of carboxylic acids is 1. The zero-order valence-corrected chi connectivity index (χ0v) is 12.0. The largest absolute Gasteiger partial charge is 0.480 e. The average Bonchev–Trinajstić information content (AvgIpc) is 2.70. The number of halogens is 1. The highest BCUT2D eigenvalue weighted by molar-refractivity contribution is 9.10. The van der Waals surface area contributed by atoms with E-state index >= 15 is 0 Å². The first-order valence-corrected chi connectivity index (χ1v) is 6.25. The second-order valence-corrected chi connectivity index (χ2v) is 5.48. The number of likely N-dealkylation sites (N-methyl/N-ethyl adjacent to an activating group) is 1. The van der Waals surface area contributed by atoms with Gasteiger partial charge in [-0.2, -0.15) is 0 Å². The lowest BCUT2D eigenvalue weighted by atomic mass is 9.97. The van der Waals surface area contributed by atoms with Crippen LogP contribution < -0.4 is 0 Å². The molecule has 1 heterocycles. The SMILES string of the molecule is CN(C)C(C)(C(=O)O)c1cc2cc(Br)ccc2o1. The van der Waals surface area contributed by atoms with Crippen molar-refractivity contribution in [3.8, 4) is 0 Å². The summed E-state index contributed by atoms with van der Waals surface area (Å²) in [6.07, 6.45) is 0. The Morgan fingerprint density at radius 3 is 2.61 bits per heavy atom. The highest BCUT2D eigenvalue weighted by Crippen LogP contribution is 2.32. The van der Waals surface area contributed by atoms with E-state index in [0.29, 0.717) is 11.3 Å². The number of carbonyl (C=O) groups is 1. The highest BCUT2D eigenvalue weighted by Gasteiger charge is 2.41. The van der Waals surface area contributed by atoms with Gasteiger partial charge in [0.2, 0.25) is 0 Å². The van der Waals surface area contributed by atoms with Gasteiger partial charge in [-0.1, -0.05) is 15.9 Å². The standard InChI is InChI=1S/C13H14BrNO3/c1-13(12(16)17,15(2)3)11-7-8-6-9(14)4-5-10(8)18-11/h4-7H,1-3H3,(H,16,17). The first-order valence-electron chi connectivity index (χ1n) is 5.46. The minimum Gasteiger partial charge on any atom is -0.480 e. The van der Waals surface area contributed by atoms with E-state index in [9.17, 15) is 9.90 Å². The highest BCUT2D eigenvalue weighted by atomic mass is 79.9. The molecule has 0 fully saturated rings. The third-order valence-corrected chi connectivity index (χ3v) is 3.76. The van der Waals surface area contributed by atoms with Crippen molar-refractivity contribution in [2.75, 3.05) is 14.1 Å². The summed E-state index contributed by atoms with van der Waals surface area (Å²) in [5, 5.41) is 10.3. The van der Waals surface area contributed by atoms with Crippen LogP contribution in [-0.4, -0.2) is 30.1 Å². The molecule has 1 aromatic heterocycles. The van der Waals surface area contributed by atoms with E-state index in [0.717, 1.165) is 9.86 Å². The van der Waals surface area contributed by atoms with Crippen molar-refractivity contribution in [1.29, 1.82) is 0 Å². The summed E-state index contributed by atoms with van der Waals surface area (Å²) < 4.78 is 6.60. The molecule has 1 aromatic carbocycles. The summed E-state index contributed by atoms with van der Waals surface area (Å²) in [5.74, 6) is -0.515. The van der Waals surface area contributed by atoms with Gasteiger partial charge in [0.15, 0.2) is 5.54 Å². The molecule has 4 nitrogen and oxygen atoms in total. The van der Waals surface area contributed by atoms with Crippen LogP contribution in [0.2, 0.25) is 0 Å². The molecule has 2 aromatic rings. The van der Waals surface area contributed by atoms with Crippen molar-refractivity contribution in [2.24, 2.45) is 0 Å². The van der Waals surface area contributed by atoms with Crippen LogP contribution in [0.4, 0.5) is 0 Å². The Balaban J connectivity index is 2.62. The maximum Gasteiger partial charge on any atom is 0.331 e. The minimum absolute atomic E-state index is 0.424. The quantitative estimate of drug-likeness (QED) is 0.946. The lowest BCUT2D eigenvalue weighted by Gasteiger charge is -2.29. The van der Waals surface area contributed by atoms with Gasteiger partial charge in [0.1, 0.15) is 11.3 Å². The summed E-state index contributed by atoms with van der Waals surface area (Å²) in [4.78, 5) is 13.1. The van der Waals surface area contributed by atoms with E-state index in [1.54, 1.807) is 32.0 Å². The molecule has 5 heteroatoms. The fraction of sp³-hybridized carbons (Fsp3) is 0.308. The smallest absolute Gasteiger partial charge is 0.331 e. The molecule has 2 rings (SSSR count). The molecule has 1 N–H and O–H groups in total. The third kappa shape index (κ3) is 1.93. The van der Waals surface area contributed by atoms with Gasteiger partial charge in [0, 0.05) is 9.86 Å². The average molecular weight is 312 g/mol. The van der Waals surface area contributed by atoms with Crippen LogP contribution in [-0.2, 0) is 10.3 Å². The molecule has 0 bridgehead atoms. The third-order valence-electron chi connectivity index (χ3n) is 3.27. The summed E-state index contributed by atoms with van der Waals surface area (Å²) in [6, 6.07) is 7.36. The number of carboxylic acid groups (broad SMARTS) is 1. The van der Waals surface area contributed by atoms with Crippen molar-refractivity contribution >= 4 is 32.9 Å². The zero-order valence-electron chi connectivity index (χ0n) is 10.4. The Hall–Kier alpha value is -1.33. The predicted octanol–water partition coefficient (Wildman–Crippen LogP) is 3.06. The van der Waals surface area contributed by atoms with Gasteiger partial charge in [-0.05, 0) is 45.3 Å². The Morgan fingerprint density at radius 2 is 2.06 bits per heavy atom. The fourth-order valence-corrected chi connectivity index (χ4v) is 2.15. The number of furan rings is 1. The molecule has 0 spiro atoms. The molecule has 1 atom stereocenters. The lowest BCUT2D eigenvalue weighted by Crippen LogP contribution is -2.45. The van der Waals surface area contributed by atoms with Crippen molar-refractivity contribution in [3.63, 3.8) is 0 Å². The topological polar surface area (TPSA) is 53.7 Å². The molecule has 96 valence electrons. The number of rotatable bonds is 3. The minimum atomic E-state index is -1.18. The van der Waals surface area contributed by atoms with E-state index in [1.807, 2.05) is 18.2 Å². The Bertz CT molecular complexity index is 605. The molecule has 0 aliphatic rings. The molecule has 0 aliphatic heterocycles. The monoisotopic (exact) mass is 311 g/mol. The molecule has 0 saturated heterocycles. The Morgan fingerprint density at radius 1 is 1.39 bits per heavy atom. The van der Waals surface area contributed by atoms with Crippen LogP contribution in [0, 0.1) is 0 Å². The summed E-state index contributed by atoms with van der Waals surface area (Å²) in [5.41, 5.74) is -0.492. The van der Waals surface area contributed by atoms with Gasteiger partial charge >= 0.3 is 5.97 Å². The second-order valence-electron chi connectivity index (χ2n) is 4.56. The van der Waals surface area contributed by atoms with Gasteiger partial charge < -0.3 is 9.52 Å². The van der Waals surface area contributed by atoms with Gasteiger partial charge in [-0.15, -0.1) is 0 Å². The van der Waals surface area contributed by atoms with E-state index in [4.69, 9.17) is 4.42 Å². The van der Waals surface area contributed by atoms with Gasteiger partial charge in [0.05, 0.1) is 0 Å². The summed E-state index contributed by atoms with van der Waals surface area (Å²) in [7, 11) is 3.44. The van der Waals surface area contributed by atoms with Crippen LogP contribution in [0.25, 0.3) is 11.0 Å². The first kappa shape index (κ1) is 13.1. The molecule has 0 saturated carbocycles. The van der Waals surface area contributed by atoms with Crippen LogP contribution in [0.5, 0.6) is 0 Å². The maximum atomic E-state index is 11.5. The first-order chi connectivity index (χ1) is 8.35. The van der Waals surface area contributed by atoms with E-state index < -0.39 is 11.5 Å². The van der Waals surface area contributed by atoms with Crippen LogP contribution in [0.1, 0.15) is 12.7 Å². The van der Waals surface area contributed by atoms with Crippen molar-refractivity contribution in [3.05, 3.63) is 34.5 Å². The molecule has 0 radical (unpaired) electrons. The molecule has 0 amide bonds. The van der Waals surface area contributed by atoms with Crippen molar-refractivity contribution in [1.82, 2.24) is 4.90 Å². The number of hydrogen-bond donors (Lipinski definition) is 1. The number of hydrogen-bond acceptors (Lipinski definition) is 3. The van der Waals surface area contributed by atoms with Crippen LogP contribution in [0.3, 0.4) is 0 Å². The Labute approximate surface area is 113 Å². The number of aliphatic carboxylic acids is 1. The van der Waals surface area contributed by atoms with E-state index in [2.05, 4.69) is 15.9 Å². The molecule has 18 heavy (non-hydrogen) atoms. The van der Waals surface area contributed by atoms with Crippen molar-refractivity contribution in [2.45, 2.75) is 12.5 Å². The fourth-order valence-electron chi connectivity index (χ4n) is 1.77. The van der Waals surface area contributed by atoms with E-state index in [-0.39, 0.29) is 0 Å². The number of nitrogens with zero attached hydrogens (tertiary/aromatic N) is 1. The normalized spacial score (nSPS) is 14.9. The second kappa shape index (κ2) is 4.40. The van der Waals surface area contributed by atoms with Gasteiger partial charge in [0.25, 0.3) is 0 Å². The van der Waals surface area contributed by atoms with E-state index in [1.165, 1.54) is 0 Å². The molecule has 0 aliphatic carbocycles.